The number of benzene rings is 8. The Morgan fingerprint density at radius 1 is 0.322 bits per heavy atom. The lowest BCUT2D eigenvalue weighted by Gasteiger charge is -2.05. The van der Waals surface area contributed by atoms with Crippen molar-refractivity contribution < 1.29 is 22.0 Å². The molecule has 0 unspecified atom stereocenters. The quantitative estimate of drug-likeness (QED) is 0.106. The summed E-state index contributed by atoms with van der Waals surface area (Å²) in [6.45, 7) is 2.04. The van der Waals surface area contributed by atoms with Gasteiger partial charge in [-0.15, -0.1) is 0 Å². The van der Waals surface area contributed by atoms with Gasteiger partial charge in [0.1, 0.15) is 11.6 Å². The van der Waals surface area contributed by atoms with Crippen molar-refractivity contribution in [1.82, 2.24) is 0 Å². The molecule has 0 aliphatic rings. The minimum atomic E-state index is -4.35. The predicted octanol–water partition coefficient (Wildman–Crippen LogP) is 12.9. The van der Waals surface area contributed by atoms with E-state index in [1.165, 1.54) is 42.0 Å². The van der Waals surface area contributed by atoms with Crippen LogP contribution in [-0.4, -0.2) is 0 Å². The van der Waals surface area contributed by atoms with Crippen molar-refractivity contribution in [3.63, 3.8) is 0 Å². The van der Waals surface area contributed by atoms with Crippen LogP contribution in [0.1, 0.15) is 55.6 Å². The zero-order valence-corrected chi connectivity index (χ0v) is 31.6. The van der Waals surface area contributed by atoms with Crippen LogP contribution in [0.2, 0.25) is 0 Å². The molecule has 59 heavy (non-hydrogen) atoms. The Labute approximate surface area is 340 Å². The standard InChI is InChI=1S/C28H17F3.C26H14F2/c1-20-6-8-21(9-7-20)10-14-23-16-17-24(27-5-3-2-4-26(23)27)15-11-22-12-18-25(19-13-22)28(29,30)31;27-23-15-7-19(8-16-23)5-11-21-13-14-22(26-4-2-1-3-25(21)26)12-6-20-9-17-24(28)18-10-20/h2-9,12-13,16-19H,1H3;1-4,7-10,13-18H. The molecule has 8 aromatic carbocycles. The molecule has 8 aromatic rings. The first-order valence-corrected chi connectivity index (χ1v) is 18.5. The van der Waals surface area contributed by atoms with Crippen LogP contribution >= 0.6 is 0 Å². The average Bonchev–Trinajstić information content (AvgIpc) is 3.25. The van der Waals surface area contributed by atoms with Crippen molar-refractivity contribution in [1.29, 1.82) is 0 Å². The van der Waals surface area contributed by atoms with Crippen LogP contribution in [0.3, 0.4) is 0 Å². The number of hydrogen-bond donors (Lipinski definition) is 0. The Balaban J connectivity index is 0.000000180. The van der Waals surface area contributed by atoms with Gasteiger partial charge in [-0.2, -0.15) is 13.2 Å². The van der Waals surface area contributed by atoms with Crippen LogP contribution < -0.4 is 0 Å². The van der Waals surface area contributed by atoms with Crippen molar-refractivity contribution >= 4 is 21.5 Å². The Hall–Kier alpha value is -7.83. The monoisotopic (exact) mass is 774 g/mol. The zero-order valence-electron chi connectivity index (χ0n) is 31.6. The first-order valence-electron chi connectivity index (χ1n) is 18.5. The highest BCUT2D eigenvalue weighted by molar-refractivity contribution is 5.94. The number of rotatable bonds is 0. The Bertz CT molecular complexity index is 2930. The van der Waals surface area contributed by atoms with Crippen molar-refractivity contribution in [2.45, 2.75) is 13.1 Å². The lowest BCUT2D eigenvalue weighted by molar-refractivity contribution is -0.137. The highest BCUT2D eigenvalue weighted by atomic mass is 19.4. The third-order valence-electron chi connectivity index (χ3n) is 9.17. The predicted molar refractivity (Wildman–Crippen MR) is 227 cm³/mol. The summed E-state index contributed by atoms with van der Waals surface area (Å²) in [5.74, 6) is 24.4. The Kier molecular flexibility index (Phi) is 12.0. The number of aryl methyl sites for hydroxylation is 1. The molecule has 0 saturated heterocycles. The van der Waals surface area contributed by atoms with Crippen LogP contribution in [-0.2, 0) is 6.18 Å². The molecule has 0 radical (unpaired) electrons. The Morgan fingerprint density at radius 2 is 0.593 bits per heavy atom. The summed E-state index contributed by atoms with van der Waals surface area (Å²) in [5, 5.41) is 3.95. The fourth-order valence-electron chi connectivity index (χ4n) is 6.04. The third-order valence-corrected chi connectivity index (χ3v) is 9.17. The van der Waals surface area contributed by atoms with E-state index in [9.17, 15) is 22.0 Å². The lowest BCUT2D eigenvalue weighted by atomic mass is 9.99. The van der Waals surface area contributed by atoms with E-state index in [1.807, 2.05) is 104 Å². The number of fused-ring (bicyclic) bond motifs is 2. The van der Waals surface area contributed by atoms with E-state index in [0.29, 0.717) is 5.56 Å². The number of halogens is 5. The fourth-order valence-corrected chi connectivity index (χ4v) is 6.04. The molecular weight excluding hydrogens is 744 g/mol. The average molecular weight is 775 g/mol. The summed E-state index contributed by atoms with van der Waals surface area (Å²) in [4.78, 5) is 0. The van der Waals surface area contributed by atoms with Crippen molar-refractivity contribution in [2.75, 3.05) is 0 Å². The van der Waals surface area contributed by atoms with Gasteiger partial charge < -0.3 is 0 Å². The molecule has 0 aliphatic carbocycles. The highest BCUT2D eigenvalue weighted by Crippen LogP contribution is 2.29. The van der Waals surface area contributed by atoms with Gasteiger partial charge in [-0.3, -0.25) is 0 Å². The van der Waals surface area contributed by atoms with E-state index in [1.54, 1.807) is 24.3 Å². The Morgan fingerprint density at radius 3 is 0.881 bits per heavy atom. The summed E-state index contributed by atoms with van der Waals surface area (Å²) in [6.07, 6.45) is -4.35. The molecule has 282 valence electrons. The molecule has 5 heteroatoms. The van der Waals surface area contributed by atoms with Crippen LogP contribution in [0.25, 0.3) is 21.5 Å². The first-order chi connectivity index (χ1) is 28.6. The van der Waals surface area contributed by atoms with Crippen LogP contribution in [0, 0.1) is 65.9 Å². The minimum Gasteiger partial charge on any atom is -0.207 e. The molecule has 0 N–H and O–H groups in total. The maximum absolute atomic E-state index is 13.0. The van der Waals surface area contributed by atoms with Crippen LogP contribution in [0.5, 0.6) is 0 Å². The van der Waals surface area contributed by atoms with E-state index in [0.717, 1.165) is 72.6 Å². The van der Waals surface area contributed by atoms with Crippen molar-refractivity contribution in [3.05, 3.63) is 237 Å². The topological polar surface area (TPSA) is 0 Å². The molecule has 0 fully saturated rings. The van der Waals surface area contributed by atoms with Crippen LogP contribution in [0.15, 0.2) is 170 Å². The van der Waals surface area contributed by atoms with Gasteiger partial charge in [0.05, 0.1) is 5.56 Å². The van der Waals surface area contributed by atoms with E-state index >= 15 is 0 Å². The molecule has 0 spiro atoms. The fraction of sp³-hybridized carbons (Fsp3) is 0.0370. The van der Waals surface area contributed by atoms with Crippen LogP contribution in [0.4, 0.5) is 22.0 Å². The second-order valence-corrected chi connectivity index (χ2v) is 13.4. The van der Waals surface area contributed by atoms with Gasteiger partial charge in [0, 0.05) is 44.5 Å². The van der Waals surface area contributed by atoms with E-state index in [-0.39, 0.29) is 11.6 Å². The molecule has 0 nitrogen and oxygen atoms in total. The normalized spacial score (nSPS) is 10.3. The smallest absolute Gasteiger partial charge is 0.207 e. The summed E-state index contributed by atoms with van der Waals surface area (Å²) < 4.78 is 64.2. The number of hydrogen-bond acceptors (Lipinski definition) is 0. The lowest BCUT2D eigenvalue weighted by Crippen LogP contribution is -2.04. The number of alkyl halides is 3. The minimum absolute atomic E-state index is 0.278. The van der Waals surface area contributed by atoms with Gasteiger partial charge in [-0.1, -0.05) is 114 Å². The van der Waals surface area contributed by atoms with Gasteiger partial charge in [0.25, 0.3) is 0 Å². The molecular formula is C54H31F5. The van der Waals surface area contributed by atoms with Gasteiger partial charge in [-0.05, 0) is 138 Å². The van der Waals surface area contributed by atoms with E-state index in [2.05, 4.69) is 47.4 Å². The first kappa shape index (κ1) is 39.4. The zero-order chi connectivity index (χ0) is 41.2. The maximum atomic E-state index is 13.0. The molecule has 0 aromatic heterocycles. The summed E-state index contributed by atoms with van der Waals surface area (Å²) in [6, 6.07) is 48.7. The van der Waals surface area contributed by atoms with Gasteiger partial charge >= 0.3 is 6.18 Å². The van der Waals surface area contributed by atoms with Gasteiger partial charge in [-0.25, -0.2) is 8.78 Å². The summed E-state index contributed by atoms with van der Waals surface area (Å²) >= 11 is 0. The van der Waals surface area contributed by atoms with Gasteiger partial charge in [0.15, 0.2) is 0 Å². The molecule has 0 aliphatic heterocycles. The summed E-state index contributed by atoms with van der Waals surface area (Å²) in [5.41, 5.74) is 6.96. The molecule has 0 bridgehead atoms. The van der Waals surface area contributed by atoms with E-state index in [4.69, 9.17) is 0 Å². The summed E-state index contributed by atoms with van der Waals surface area (Å²) in [7, 11) is 0. The molecule has 0 heterocycles. The molecule has 8 rings (SSSR count). The second kappa shape index (κ2) is 18.0. The SMILES string of the molecule is Cc1ccc(C#Cc2ccc(C#Cc3ccc(C(F)(F)F)cc3)c3ccccc23)cc1.Fc1ccc(C#Cc2ccc(C#Cc3ccc(F)cc3)c3ccccc23)cc1. The van der Waals surface area contributed by atoms with Crippen molar-refractivity contribution in [3.8, 4) is 47.4 Å². The second-order valence-electron chi connectivity index (χ2n) is 13.4. The van der Waals surface area contributed by atoms with Crippen molar-refractivity contribution in [2.24, 2.45) is 0 Å². The highest BCUT2D eigenvalue weighted by Gasteiger charge is 2.29. The van der Waals surface area contributed by atoms with Gasteiger partial charge in [0.2, 0.25) is 0 Å². The van der Waals surface area contributed by atoms with E-state index < -0.39 is 11.7 Å². The third kappa shape index (κ3) is 10.3. The largest absolute Gasteiger partial charge is 0.416 e. The maximum Gasteiger partial charge on any atom is 0.416 e. The molecule has 0 atom stereocenters. The molecule has 0 amide bonds. The molecule has 0 saturated carbocycles.